The first-order valence-electron chi connectivity index (χ1n) is 12.1. The van der Waals surface area contributed by atoms with Gasteiger partial charge in [-0.15, -0.1) is 0 Å². The van der Waals surface area contributed by atoms with Gasteiger partial charge in [0.15, 0.2) is 0 Å². The van der Waals surface area contributed by atoms with Gasteiger partial charge >= 0.3 is 0 Å². The Morgan fingerprint density at radius 3 is 2.24 bits per heavy atom. The minimum absolute atomic E-state index is 0.00836. The molecule has 5 rings (SSSR count). The average molecular weight is 516 g/mol. The molecule has 2 amide bonds. The van der Waals surface area contributed by atoms with Crippen LogP contribution in [0.25, 0.3) is 0 Å². The second-order valence-corrected chi connectivity index (χ2v) is 9.42. The van der Waals surface area contributed by atoms with Crippen molar-refractivity contribution in [2.75, 3.05) is 11.9 Å². The zero-order valence-corrected chi connectivity index (χ0v) is 20.8. The standard InChI is InChI=1S/C28H26ClN5O3/c29-22-6-10-24(11-7-22)37-25-12-8-23(9-13-25)32-28(36)26-17-21(16-20-4-2-1-3-5-20)18-33(26)27(35)19-34-30-14-15-31-34/h1-15,21,26H,16-19H2,(H,32,36)/t21-,26+/m1/s1. The van der Waals surface area contributed by atoms with E-state index in [0.29, 0.717) is 35.2 Å². The lowest BCUT2D eigenvalue weighted by Gasteiger charge is -2.23. The molecule has 2 heterocycles. The third-order valence-corrected chi connectivity index (χ3v) is 6.54. The lowest BCUT2D eigenvalue weighted by atomic mass is 9.96. The lowest BCUT2D eigenvalue weighted by Crippen LogP contribution is -2.44. The van der Waals surface area contributed by atoms with Gasteiger partial charge in [-0.25, -0.2) is 0 Å². The molecule has 1 fully saturated rings. The van der Waals surface area contributed by atoms with Gasteiger partial charge in [-0.3, -0.25) is 9.59 Å². The Morgan fingerprint density at radius 1 is 0.919 bits per heavy atom. The molecule has 37 heavy (non-hydrogen) atoms. The summed E-state index contributed by atoms with van der Waals surface area (Å²) in [5.41, 5.74) is 1.81. The number of nitrogens with one attached hydrogen (secondary N) is 1. The first-order chi connectivity index (χ1) is 18.0. The smallest absolute Gasteiger partial charge is 0.247 e. The Morgan fingerprint density at radius 2 is 1.57 bits per heavy atom. The second kappa shape index (κ2) is 11.3. The molecule has 8 nitrogen and oxygen atoms in total. The second-order valence-electron chi connectivity index (χ2n) is 8.98. The number of rotatable bonds is 8. The summed E-state index contributed by atoms with van der Waals surface area (Å²) < 4.78 is 5.82. The molecule has 1 N–H and O–H groups in total. The van der Waals surface area contributed by atoms with Gasteiger partial charge in [0.05, 0.1) is 12.4 Å². The Bertz CT molecular complexity index is 1330. The average Bonchev–Trinajstić information content (AvgIpc) is 3.57. The molecule has 0 radical (unpaired) electrons. The van der Waals surface area contributed by atoms with Crippen molar-refractivity contribution in [3.63, 3.8) is 0 Å². The summed E-state index contributed by atoms with van der Waals surface area (Å²) in [6.07, 6.45) is 4.43. The fourth-order valence-corrected chi connectivity index (χ4v) is 4.68. The van der Waals surface area contributed by atoms with E-state index in [1.54, 1.807) is 53.4 Å². The van der Waals surface area contributed by atoms with Gasteiger partial charge < -0.3 is 15.0 Å². The van der Waals surface area contributed by atoms with Crippen molar-refractivity contribution in [3.8, 4) is 11.5 Å². The van der Waals surface area contributed by atoms with Crippen LogP contribution in [0.15, 0.2) is 91.3 Å². The molecule has 0 bridgehead atoms. The summed E-state index contributed by atoms with van der Waals surface area (Å²) in [4.78, 5) is 29.5. The van der Waals surface area contributed by atoms with Gasteiger partial charge in [0.25, 0.3) is 0 Å². The van der Waals surface area contributed by atoms with Crippen molar-refractivity contribution >= 4 is 29.1 Å². The highest BCUT2D eigenvalue weighted by atomic mass is 35.5. The summed E-state index contributed by atoms with van der Waals surface area (Å²) in [6.45, 7) is 0.493. The molecule has 0 aliphatic carbocycles. The number of aromatic nitrogens is 3. The molecular weight excluding hydrogens is 490 g/mol. The number of hydrogen-bond acceptors (Lipinski definition) is 5. The van der Waals surface area contributed by atoms with E-state index in [1.165, 1.54) is 22.8 Å². The first kappa shape index (κ1) is 24.5. The minimum Gasteiger partial charge on any atom is -0.457 e. The highest BCUT2D eigenvalue weighted by Crippen LogP contribution is 2.29. The zero-order valence-electron chi connectivity index (χ0n) is 20.0. The molecular formula is C28H26ClN5O3. The van der Waals surface area contributed by atoms with Crippen LogP contribution in [0.2, 0.25) is 5.02 Å². The highest BCUT2D eigenvalue weighted by Gasteiger charge is 2.39. The molecule has 188 valence electrons. The van der Waals surface area contributed by atoms with Crippen LogP contribution >= 0.6 is 11.6 Å². The van der Waals surface area contributed by atoms with Crippen molar-refractivity contribution in [1.82, 2.24) is 19.9 Å². The summed E-state index contributed by atoms with van der Waals surface area (Å²) in [5.74, 6) is 1.07. The van der Waals surface area contributed by atoms with Crippen molar-refractivity contribution in [3.05, 3.63) is 102 Å². The van der Waals surface area contributed by atoms with Gasteiger partial charge in [0.1, 0.15) is 24.1 Å². The summed E-state index contributed by atoms with van der Waals surface area (Å²) in [7, 11) is 0. The molecule has 1 saturated heterocycles. The summed E-state index contributed by atoms with van der Waals surface area (Å²) >= 11 is 5.92. The van der Waals surface area contributed by atoms with Gasteiger partial charge in [0, 0.05) is 17.3 Å². The predicted octanol–water partition coefficient (Wildman–Crippen LogP) is 4.82. The Hall–Kier alpha value is -4.17. The fraction of sp³-hybridized carbons (Fsp3) is 0.214. The molecule has 3 aromatic carbocycles. The van der Waals surface area contributed by atoms with E-state index in [2.05, 4.69) is 27.6 Å². The number of carbonyl (C=O) groups excluding carboxylic acids is 2. The maximum absolute atomic E-state index is 13.4. The largest absolute Gasteiger partial charge is 0.457 e. The number of benzene rings is 3. The van der Waals surface area contributed by atoms with Crippen molar-refractivity contribution in [1.29, 1.82) is 0 Å². The van der Waals surface area contributed by atoms with Gasteiger partial charge in [-0.2, -0.15) is 15.0 Å². The number of amides is 2. The predicted molar refractivity (Wildman–Crippen MR) is 140 cm³/mol. The molecule has 4 aromatic rings. The number of ether oxygens (including phenoxy) is 1. The van der Waals surface area contributed by atoms with E-state index in [4.69, 9.17) is 16.3 Å². The summed E-state index contributed by atoms with van der Waals surface area (Å²) in [5, 5.41) is 11.7. The SMILES string of the molecule is O=C(Nc1ccc(Oc2ccc(Cl)cc2)cc1)[C@@H]1C[C@@H](Cc2ccccc2)CN1C(=O)Cn1nccn1. The minimum atomic E-state index is -0.582. The summed E-state index contributed by atoms with van der Waals surface area (Å²) in [6, 6.07) is 23.7. The van der Waals surface area contributed by atoms with Crippen LogP contribution in [0.3, 0.4) is 0 Å². The third-order valence-electron chi connectivity index (χ3n) is 6.29. The molecule has 1 aliphatic heterocycles. The van der Waals surface area contributed by atoms with Gasteiger partial charge in [-0.1, -0.05) is 41.9 Å². The first-order valence-corrected chi connectivity index (χ1v) is 12.4. The molecule has 1 aliphatic rings. The molecule has 2 atom stereocenters. The lowest BCUT2D eigenvalue weighted by molar-refractivity contribution is -0.137. The number of anilines is 1. The Balaban J connectivity index is 1.26. The number of nitrogens with zero attached hydrogens (tertiary/aromatic N) is 4. The van der Waals surface area contributed by atoms with E-state index >= 15 is 0 Å². The Kier molecular flexibility index (Phi) is 7.46. The number of likely N-dealkylation sites (tertiary alicyclic amines) is 1. The van der Waals surface area contributed by atoms with Crippen molar-refractivity contribution < 1.29 is 14.3 Å². The van der Waals surface area contributed by atoms with Crippen LogP contribution in [0.5, 0.6) is 11.5 Å². The third kappa shape index (κ3) is 6.34. The highest BCUT2D eigenvalue weighted by molar-refractivity contribution is 6.30. The van der Waals surface area contributed by atoms with E-state index in [9.17, 15) is 9.59 Å². The number of carbonyl (C=O) groups is 2. The topological polar surface area (TPSA) is 89.4 Å². The van der Waals surface area contributed by atoms with Crippen molar-refractivity contribution in [2.24, 2.45) is 5.92 Å². The van der Waals surface area contributed by atoms with Gasteiger partial charge in [0.2, 0.25) is 11.8 Å². The molecule has 0 spiro atoms. The van der Waals surface area contributed by atoms with Crippen LogP contribution in [0.4, 0.5) is 5.69 Å². The van der Waals surface area contributed by atoms with Crippen LogP contribution in [0.1, 0.15) is 12.0 Å². The molecule has 1 aromatic heterocycles. The number of halogens is 1. The molecule has 9 heteroatoms. The maximum Gasteiger partial charge on any atom is 0.247 e. The maximum atomic E-state index is 13.4. The van der Waals surface area contributed by atoms with Crippen LogP contribution in [-0.4, -0.2) is 44.3 Å². The van der Waals surface area contributed by atoms with Crippen LogP contribution in [-0.2, 0) is 22.6 Å². The monoisotopic (exact) mass is 515 g/mol. The fourth-order valence-electron chi connectivity index (χ4n) is 4.55. The molecule has 0 saturated carbocycles. The quantitative estimate of drug-likeness (QED) is 0.363. The van der Waals surface area contributed by atoms with Crippen LogP contribution < -0.4 is 10.1 Å². The zero-order chi connectivity index (χ0) is 25.6. The van der Waals surface area contributed by atoms with E-state index in [1.807, 2.05) is 18.2 Å². The van der Waals surface area contributed by atoms with E-state index < -0.39 is 6.04 Å². The normalized spacial score (nSPS) is 16.9. The Labute approximate surface area is 219 Å². The van der Waals surface area contributed by atoms with Crippen LogP contribution in [0, 0.1) is 5.92 Å². The van der Waals surface area contributed by atoms with E-state index in [-0.39, 0.29) is 24.3 Å². The van der Waals surface area contributed by atoms with E-state index in [0.717, 1.165) is 6.42 Å². The van der Waals surface area contributed by atoms with Crippen molar-refractivity contribution in [2.45, 2.75) is 25.4 Å². The molecule has 0 unspecified atom stereocenters. The number of hydrogen-bond donors (Lipinski definition) is 1. The van der Waals surface area contributed by atoms with Gasteiger partial charge in [-0.05, 0) is 72.9 Å².